The van der Waals surface area contributed by atoms with E-state index < -0.39 is 25.0 Å². The summed E-state index contributed by atoms with van der Waals surface area (Å²) in [6, 6.07) is 0. The molecule has 0 aliphatic carbocycles. The molecule has 1 unspecified atom stereocenters. The fourth-order valence-corrected chi connectivity index (χ4v) is 1.22. The lowest BCUT2D eigenvalue weighted by molar-refractivity contribution is -0.130. The number of amides is 2. The van der Waals surface area contributed by atoms with Crippen molar-refractivity contribution in [2.24, 2.45) is 5.10 Å². The summed E-state index contributed by atoms with van der Waals surface area (Å²) in [5, 5.41) is 15.7. The second-order valence-electron chi connectivity index (χ2n) is 3.58. The third kappa shape index (κ3) is 3.74. The van der Waals surface area contributed by atoms with Gasteiger partial charge >= 0.3 is 0 Å². The van der Waals surface area contributed by atoms with Gasteiger partial charge < -0.3 is 10.4 Å². The molecule has 0 fully saturated rings. The van der Waals surface area contributed by atoms with E-state index in [0.717, 1.165) is 5.01 Å². The Morgan fingerprint density at radius 1 is 1.59 bits per heavy atom. The van der Waals surface area contributed by atoms with Crippen molar-refractivity contribution in [2.75, 3.05) is 13.6 Å². The fraction of sp³-hybridized carbons (Fsp3) is 0.667. The number of hydrogen-bond donors (Lipinski definition) is 2. The van der Waals surface area contributed by atoms with Crippen LogP contribution in [-0.2, 0) is 9.59 Å². The highest BCUT2D eigenvalue weighted by molar-refractivity contribution is 6.39. The van der Waals surface area contributed by atoms with Crippen LogP contribution in [-0.4, -0.2) is 53.8 Å². The number of alkyl halides is 2. The predicted octanol–water partition coefficient (Wildman–Crippen LogP) is -0.663. The predicted molar refractivity (Wildman–Crippen MR) is 54.5 cm³/mol. The molecule has 0 saturated heterocycles. The molecule has 8 heteroatoms. The molecule has 0 aromatic heterocycles. The average molecular weight is 249 g/mol. The zero-order chi connectivity index (χ0) is 13.0. The van der Waals surface area contributed by atoms with Crippen molar-refractivity contribution >= 4 is 17.5 Å². The first kappa shape index (κ1) is 13.5. The lowest BCUT2D eigenvalue weighted by Gasteiger charge is -2.19. The van der Waals surface area contributed by atoms with E-state index in [1.54, 1.807) is 0 Å². The summed E-state index contributed by atoms with van der Waals surface area (Å²) >= 11 is 0. The van der Waals surface area contributed by atoms with Gasteiger partial charge in [-0.1, -0.05) is 0 Å². The minimum absolute atomic E-state index is 0.0913. The Kier molecular flexibility index (Phi) is 4.50. The van der Waals surface area contributed by atoms with Crippen LogP contribution >= 0.6 is 0 Å². The Labute approximate surface area is 96.3 Å². The van der Waals surface area contributed by atoms with Crippen LogP contribution in [0.5, 0.6) is 0 Å². The topological polar surface area (TPSA) is 82.0 Å². The molecule has 0 aromatic carbocycles. The van der Waals surface area contributed by atoms with E-state index in [1.807, 2.05) is 0 Å². The second-order valence-corrected chi connectivity index (χ2v) is 3.58. The Morgan fingerprint density at radius 3 is 2.76 bits per heavy atom. The van der Waals surface area contributed by atoms with Gasteiger partial charge in [-0.2, -0.15) is 5.10 Å². The van der Waals surface area contributed by atoms with Gasteiger partial charge in [0, 0.05) is 26.4 Å². The standard InChI is InChI=1S/C9H13F2N3O3/c1-14-7(16)3-2-5(13-14)9(17)12-4-6(15)8(10)11/h6,8,15H,2-4H2,1H3,(H,12,17). The number of nitrogens with one attached hydrogen (secondary N) is 1. The van der Waals surface area contributed by atoms with Gasteiger partial charge in [0.05, 0.1) is 0 Å². The van der Waals surface area contributed by atoms with Crippen molar-refractivity contribution in [3.63, 3.8) is 0 Å². The van der Waals surface area contributed by atoms with E-state index in [0.29, 0.717) is 0 Å². The molecule has 1 aliphatic heterocycles. The Bertz CT molecular complexity index is 346. The molecule has 2 N–H and O–H groups in total. The van der Waals surface area contributed by atoms with Crippen LogP contribution < -0.4 is 5.32 Å². The number of hydrogen-bond acceptors (Lipinski definition) is 4. The summed E-state index contributed by atoms with van der Waals surface area (Å²) in [5.74, 6) is -0.863. The van der Waals surface area contributed by atoms with Crippen molar-refractivity contribution in [1.29, 1.82) is 0 Å². The van der Waals surface area contributed by atoms with Gasteiger partial charge in [-0.05, 0) is 0 Å². The summed E-state index contributed by atoms with van der Waals surface area (Å²) in [7, 11) is 1.41. The maximum atomic E-state index is 11.9. The molecule has 0 bridgehead atoms. The second kappa shape index (κ2) is 5.67. The van der Waals surface area contributed by atoms with Crippen molar-refractivity contribution < 1.29 is 23.5 Å². The van der Waals surface area contributed by atoms with E-state index in [4.69, 9.17) is 5.11 Å². The number of carbonyl (C=O) groups is 2. The molecule has 96 valence electrons. The maximum Gasteiger partial charge on any atom is 0.267 e. The molecule has 2 amide bonds. The molecule has 6 nitrogen and oxygen atoms in total. The molecular weight excluding hydrogens is 236 g/mol. The molecule has 0 spiro atoms. The number of rotatable bonds is 4. The summed E-state index contributed by atoms with van der Waals surface area (Å²) in [4.78, 5) is 22.5. The van der Waals surface area contributed by atoms with Crippen LogP contribution in [0.1, 0.15) is 12.8 Å². The molecule has 17 heavy (non-hydrogen) atoms. The molecule has 0 saturated carbocycles. The third-order valence-electron chi connectivity index (χ3n) is 2.23. The first-order chi connectivity index (χ1) is 7.91. The quantitative estimate of drug-likeness (QED) is 0.693. The number of halogens is 2. The lowest BCUT2D eigenvalue weighted by atomic mass is 10.1. The largest absolute Gasteiger partial charge is 0.385 e. The highest BCUT2D eigenvalue weighted by Gasteiger charge is 2.23. The number of nitrogens with zero attached hydrogens (tertiary/aromatic N) is 2. The highest BCUT2D eigenvalue weighted by Crippen LogP contribution is 2.07. The SMILES string of the molecule is CN1N=C(C(=O)NCC(O)C(F)F)CCC1=O. The van der Waals surface area contributed by atoms with E-state index in [-0.39, 0.29) is 24.5 Å². The van der Waals surface area contributed by atoms with E-state index >= 15 is 0 Å². The van der Waals surface area contributed by atoms with Gasteiger partial charge in [0.15, 0.2) is 0 Å². The van der Waals surface area contributed by atoms with Crippen LogP contribution in [0.15, 0.2) is 5.10 Å². The summed E-state index contributed by atoms with van der Waals surface area (Å²) in [6.07, 6.45) is -4.49. The molecular formula is C9H13F2N3O3. The first-order valence-corrected chi connectivity index (χ1v) is 5.00. The van der Waals surface area contributed by atoms with Crippen LogP contribution in [0.4, 0.5) is 8.78 Å². The molecule has 0 radical (unpaired) electrons. The molecule has 1 atom stereocenters. The molecule has 1 aliphatic rings. The van der Waals surface area contributed by atoms with Gasteiger partial charge in [-0.25, -0.2) is 13.8 Å². The number of aliphatic hydroxyl groups excluding tert-OH is 1. The van der Waals surface area contributed by atoms with Gasteiger partial charge in [0.2, 0.25) is 5.91 Å². The minimum Gasteiger partial charge on any atom is -0.385 e. The normalized spacial score (nSPS) is 18.1. The summed E-state index contributed by atoms with van der Waals surface area (Å²) in [5.41, 5.74) is 0.0913. The Morgan fingerprint density at radius 2 is 2.24 bits per heavy atom. The summed E-state index contributed by atoms with van der Waals surface area (Å²) in [6.45, 7) is -0.548. The van der Waals surface area contributed by atoms with E-state index in [2.05, 4.69) is 10.4 Å². The monoisotopic (exact) mass is 249 g/mol. The summed E-state index contributed by atoms with van der Waals surface area (Å²) < 4.78 is 23.9. The smallest absolute Gasteiger partial charge is 0.267 e. The van der Waals surface area contributed by atoms with Crippen molar-refractivity contribution in [1.82, 2.24) is 10.3 Å². The van der Waals surface area contributed by atoms with Crippen LogP contribution in [0.25, 0.3) is 0 Å². The zero-order valence-corrected chi connectivity index (χ0v) is 9.19. The van der Waals surface area contributed by atoms with Gasteiger partial charge in [0.1, 0.15) is 11.8 Å². The van der Waals surface area contributed by atoms with Gasteiger partial charge in [0.25, 0.3) is 12.3 Å². The molecule has 1 heterocycles. The van der Waals surface area contributed by atoms with E-state index in [9.17, 15) is 18.4 Å². The zero-order valence-electron chi connectivity index (χ0n) is 9.19. The lowest BCUT2D eigenvalue weighted by Crippen LogP contribution is -2.42. The number of aliphatic hydroxyl groups is 1. The fourth-order valence-electron chi connectivity index (χ4n) is 1.22. The first-order valence-electron chi connectivity index (χ1n) is 5.00. The molecule has 1 rings (SSSR count). The van der Waals surface area contributed by atoms with Gasteiger partial charge in [-0.3, -0.25) is 9.59 Å². The van der Waals surface area contributed by atoms with Gasteiger partial charge in [-0.15, -0.1) is 0 Å². The third-order valence-corrected chi connectivity index (χ3v) is 2.23. The van der Waals surface area contributed by atoms with Crippen LogP contribution in [0.2, 0.25) is 0 Å². The maximum absolute atomic E-state index is 11.9. The highest BCUT2D eigenvalue weighted by atomic mass is 19.3. The van der Waals surface area contributed by atoms with Crippen molar-refractivity contribution in [3.05, 3.63) is 0 Å². The minimum atomic E-state index is -2.91. The Hall–Kier alpha value is -1.57. The Balaban J connectivity index is 2.49. The van der Waals surface area contributed by atoms with Crippen molar-refractivity contribution in [3.8, 4) is 0 Å². The van der Waals surface area contributed by atoms with Crippen LogP contribution in [0, 0.1) is 0 Å². The average Bonchev–Trinajstić information content (AvgIpc) is 2.28. The van der Waals surface area contributed by atoms with Crippen LogP contribution in [0.3, 0.4) is 0 Å². The molecule has 0 aromatic rings. The van der Waals surface area contributed by atoms with Crippen molar-refractivity contribution in [2.45, 2.75) is 25.4 Å². The number of hydrazone groups is 1. The number of carbonyl (C=O) groups excluding carboxylic acids is 2. The van der Waals surface area contributed by atoms with E-state index in [1.165, 1.54) is 7.05 Å².